The smallest absolute Gasteiger partial charge is 0.192 e. The molecule has 1 N–H and O–H groups in total. The number of ether oxygens (including phenoxy) is 3. The lowest BCUT2D eigenvalue weighted by molar-refractivity contribution is -0.195. The molecule has 8 atom stereocenters. The molecule has 0 bridgehead atoms. The Kier molecular flexibility index (Phi) is 9.30. The standard InChI is InChI=1S/C19H37O7PS/c1-11(2)23-9-15-16(7-13(5)19(15)20)26-27(21,22)28-10-18-17(24-12(3)4)8-14(6)25-18/h11-20H,7-10H2,1-6H3,(H,21,22)/p-1/t13-,14-,15+,16+,17?,18+,19?/m0/s1. The molecule has 1 saturated carbocycles. The molecule has 0 aromatic heterocycles. The summed E-state index contributed by atoms with van der Waals surface area (Å²) in [6.07, 6.45) is -0.206. The van der Waals surface area contributed by atoms with E-state index in [-0.39, 0.29) is 54.7 Å². The molecule has 1 aliphatic heterocycles. The minimum Gasteiger partial charge on any atom is -0.770 e. The zero-order valence-corrected chi connectivity index (χ0v) is 19.5. The fourth-order valence-electron chi connectivity index (χ4n) is 3.87. The van der Waals surface area contributed by atoms with E-state index < -0.39 is 19.0 Å². The van der Waals surface area contributed by atoms with E-state index in [2.05, 4.69) is 0 Å². The summed E-state index contributed by atoms with van der Waals surface area (Å²) in [6, 6.07) is 0. The van der Waals surface area contributed by atoms with E-state index in [0.29, 0.717) is 6.42 Å². The second kappa shape index (κ2) is 10.6. The number of hydrogen-bond acceptors (Lipinski definition) is 8. The molecule has 9 heteroatoms. The molecule has 0 radical (unpaired) electrons. The maximum atomic E-state index is 12.6. The predicted molar refractivity (Wildman–Crippen MR) is 108 cm³/mol. The number of aliphatic hydroxyl groups is 1. The van der Waals surface area contributed by atoms with Crippen molar-refractivity contribution in [1.82, 2.24) is 0 Å². The summed E-state index contributed by atoms with van der Waals surface area (Å²) in [5.41, 5.74) is 0. The van der Waals surface area contributed by atoms with Gasteiger partial charge in [-0.2, -0.15) is 0 Å². The number of aliphatic hydroxyl groups excluding tert-OH is 1. The molecule has 3 unspecified atom stereocenters. The van der Waals surface area contributed by atoms with E-state index in [1.165, 1.54) is 0 Å². The zero-order chi connectivity index (χ0) is 21.1. The molecule has 0 spiro atoms. The third-order valence-electron chi connectivity index (χ3n) is 5.22. The fourth-order valence-corrected chi connectivity index (χ4v) is 6.63. The summed E-state index contributed by atoms with van der Waals surface area (Å²) >= 11 is 0.775. The lowest BCUT2D eigenvalue weighted by Gasteiger charge is -2.31. The van der Waals surface area contributed by atoms with E-state index in [9.17, 15) is 14.6 Å². The van der Waals surface area contributed by atoms with Gasteiger partial charge in [0.25, 0.3) is 0 Å². The van der Waals surface area contributed by atoms with Gasteiger partial charge in [0.2, 0.25) is 0 Å². The first-order chi connectivity index (χ1) is 13.0. The highest BCUT2D eigenvalue weighted by molar-refractivity contribution is 8.54. The lowest BCUT2D eigenvalue weighted by Crippen LogP contribution is -2.32. The Morgan fingerprint density at radius 3 is 2.46 bits per heavy atom. The van der Waals surface area contributed by atoms with Gasteiger partial charge in [0.15, 0.2) is 6.80 Å². The van der Waals surface area contributed by atoms with Crippen LogP contribution in [0, 0.1) is 11.8 Å². The Labute approximate surface area is 173 Å². The third-order valence-corrected chi connectivity index (χ3v) is 8.20. The Balaban J connectivity index is 1.91. The van der Waals surface area contributed by atoms with E-state index in [1.54, 1.807) is 0 Å². The van der Waals surface area contributed by atoms with Crippen LogP contribution in [0.15, 0.2) is 0 Å². The summed E-state index contributed by atoms with van der Waals surface area (Å²) in [5.74, 6) is -0.112. The normalized spacial score (nSPS) is 38.4. The highest BCUT2D eigenvalue weighted by Gasteiger charge is 2.43. The first kappa shape index (κ1) is 24.6. The van der Waals surface area contributed by atoms with E-state index in [0.717, 1.165) is 17.8 Å². The highest BCUT2D eigenvalue weighted by atomic mass is 32.7. The van der Waals surface area contributed by atoms with Gasteiger partial charge in [-0.3, -0.25) is 4.57 Å². The Morgan fingerprint density at radius 1 is 1.18 bits per heavy atom. The van der Waals surface area contributed by atoms with Crippen molar-refractivity contribution < 1.29 is 33.3 Å². The molecule has 1 aliphatic carbocycles. The van der Waals surface area contributed by atoms with Crippen LogP contribution in [0.3, 0.4) is 0 Å². The third kappa shape index (κ3) is 7.24. The minimum atomic E-state index is -4.15. The average molecular weight is 440 g/mol. The van der Waals surface area contributed by atoms with Crippen molar-refractivity contribution in [2.75, 3.05) is 12.4 Å². The molecule has 2 fully saturated rings. The van der Waals surface area contributed by atoms with Crippen LogP contribution in [0.5, 0.6) is 0 Å². The molecule has 0 aromatic carbocycles. The van der Waals surface area contributed by atoms with Crippen molar-refractivity contribution >= 4 is 18.2 Å². The van der Waals surface area contributed by atoms with Gasteiger partial charge in [-0.05, 0) is 47.0 Å². The molecule has 166 valence electrons. The first-order valence-electron chi connectivity index (χ1n) is 10.2. The Morgan fingerprint density at radius 2 is 1.86 bits per heavy atom. The molecule has 0 amide bonds. The molecule has 1 heterocycles. The first-order valence-corrected chi connectivity index (χ1v) is 13.4. The van der Waals surface area contributed by atoms with Gasteiger partial charge in [-0.25, -0.2) is 0 Å². The quantitative estimate of drug-likeness (QED) is 0.519. The van der Waals surface area contributed by atoms with Crippen LogP contribution in [0.4, 0.5) is 0 Å². The van der Waals surface area contributed by atoms with Gasteiger partial charge in [0.05, 0.1) is 49.3 Å². The maximum Gasteiger partial charge on any atom is 0.192 e. The number of hydrogen-bond donors (Lipinski definition) is 1. The van der Waals surface area contributed by atoms with Crippen molar-refractivity contribution in [2.45, 2.75) is 97.1 Å². The molecule has 28 heavy (non-hydrogen) atoms. The Hall–Kier alpha value is 0.340. The highest BCUT2D eigenvalue weighted by Crippen LogP contribution is 2.56. The second-order valence-electron chi connectivity index (χ2n) is 8.58. The SMILES string of the molecule is CC(C)OC[C@H]1C(O)[C@@H](C)C[C@H]1OP(=O)([O-])SC[C@H]1O[C@@H](C)CC1OC(C)C. The summed E-state index contributed by atoms with van der Waals surface area (Å²) in [7, 11) is 0. The average Bonchev–Trinajstić information content (AvgIpc) is 3.02. The van der Waals surface area contributed by atoms with E-state index >= 15 is 0 Å². The van der Waals surface area contributed by atoms with Crippen LogP contribution in [0.2, 0.25) is 0 Å². The van der Waals surface area contributed by atoms with Gasteiger partial charge >= 0.3 is 0 Å². The van der Waals surface area contributed by atoms with Crippen LogP contribution in [0.25, 0.3) is 0 Å². The topological polar surface area (TPSA) is 97.3 Å². The predicted octanol–water partition coefficient (Wildman–Crippen LogP) is 2.99. The summed E-state index contributed by atoms with van der Waals surface area (Å²) in [4.78, 5) is 12.6. The fraction of sp³-hybridized carbons (Fsp3) is 1.00. The second-order valence-corrected chi connectivity index (χ2v) is 12.4. The van der Waals surface area contributed by atoms with Crippen molar-refractivity contribution in [3.63, 3.8) is 0 Å². The van der Waals surface area contributed by atoms with Crippen LogP contribution in [-0.4, -0.2) is 60.2 Å². The van der Waals surface area contributed by atoms with Crippen LogP contribution in [0.1, 0.15) is 54.4 Å². The molecule has 2 aliphatic rings. The van der Waals surface area contributed by atoms with Gasteiger partial charge in [0, 0.05) is 18.1 Å². The van der Waals surface area contributed by atoms with Crippen molar-refractivity contribution in [2.24, 2.45) is 11.8 Å². The molecule has 7 nitrogen and oxygen atoms in total. The van der Waals surface area contributed by atoms with Crippen LogP contribution >= 0.6 is 18.2 Å². The maximum absolute atomic E-state index is 12.6. The van der Waals surface area contributed by atoms with Crippen LogP contribution in [-0.2, 0) is 23.3 Å². The van der Waals surface area contributed by atoms with Crippen LogP contribution < -0.4 is 4.89 Å². The molecule has 2 rings (SSSR count). The molecular weight excluding hydrogens is 403 g/mol. The minimum absolute atomic E-state index is 0.0107. The number of rotatable bonds is 10. The van der Waals surface area contributed by atoms with Crippen molar-refractivity contribution in [1.29, 1.82) is 0 Å². The summed E-state index contributed by atoms with van der Waals surface area (Å²) < 4.78 is 35.4. The van der Waals surface area contributed by atoms with Crippen molar-refractivity contribution in [3.8, 4) is 0 Å². The molecule has 0 aromatic rings. The summed E-state index contributed by atoms with van der Waals surface area (Å²) in [5, 5.41) is 10.4. The monoisotopic (exact) mass is 439 g/mol. The molecule has 1 saturated heterocycles. The molecular formula is C19H36O7PS-. The summed E-state index contributed by atoms with van der Waals surface area (Å²) in [6.45, 7) is 7.74. The van der Waals surface area contributed by atoms with Gasteiger partial charge < -0.3 is 28.7 Å². The van der Waals surface area contributed by atoms with Gasteiger partial charge in [-0.15, -0.1) is 0 Å². The van der Waals surface area contributed by atoms with E-state index in [1.807, 2.05) is 41.5 Å². The van der Waals surface area contributed by atoms with Gasteiger partial charge in [0.1, 0.15) is 0 Å². The van der Waals surface area contributed by atoms with Gasteiger partial charge in [-0.1, -0.05) is 18.3 Å². The van der Waals surface area contributed by atoms with Crippen molar-refractivity contribution in [3.05, 3.63) is 0 Å². The van der Waals surface area contributed by atoms with E-state index in [4.69, 9.17) is 18.7 Å². The lowest BCUT2D eigenvalue weighted by atomic mass is 10.0. The largest absolute Gasteiger partial charge is 0.770 e. The zero-order valence-electron chi connectivity index (χ0n) is 17.8. The Bertz CT molecular complexity index is 532.